The maximum absolute atomic E-state index is 11.9. The number of esters is 1. The molecule has 0 N–H and O–H groups in total. The number of fused-ring (bicyclic) bond motifs is 1. The van der Waals surface area contributed by atoms with E-state index in [1.807, 2.05) is 22.8 Å². The van der Waals surface area contributed by atoms with Gasteiger partial charge in [0.05, 0.1) is 20.3 Å². The molecule has 0 amide bonds. The first-order valence-electron chi connectivity index (χ1n) is 10.4. The molecule has 2 aromatic heterocycles. The van der Waals surface area contributed by atoms with Crippen molar-refractivity contribution in [2.24, 2.45) is 0 Å². The Hall–Kier alpha value is -2.80. The third kappa shape index (κ3) is 3.94. The summed E-state index contributed by atoms with van der Waals surface area (Å²) < 4.78 is 17.8. The minimum atomic E-state index is -0.267. The maximum Gasteiger partial charge on any atom is 0.325 e. The highest BCUT2D eigenvalue weighted by Gasteiger charge is 2.30. The largest absolute Gasteiger partial charge is 0.497 e. The molecule has 1 saturated heterocycles. The molecule has 1 atom stereocenters. The van der Waals surface area contributed by atoms with Gasteiger partial charge in [-0.2, -0.15) is 0 Å². The minimum absolute atomic E-state index is 0.184. The Kier molecular flexibility index (Phi) is 5.81. The Morgan fingerprint density at radius 2 is 2.13 bits per heavy atom. The second-order valence-corrected chi connectivity index (χ2v) is 8.18. The second-order valence-electron chi connectivity index (χ2n) is 8.18. The third-order valence-corrected chi connectivity index (χ3v) is 5.89. The van der Waals surface area contributed by atoms with E-state index >= 15 is 0 Å². The van der Waals surface area contributed by atoms with E-state index in [2.05, 4.69) is 36.2 Å². The molecule has 0 aliphatic carbocycles. The van der Waals surface area contributed by atoms with Crippen LogP contribution < -0.4 is 4.74 Å². The lowest BCUT2D eigenvalue weighted by molar-refractivity contribution is -0.141. The Bertz CT molecular complexity index is 1040. The monoisotopic (exact) mass is 411 g/mol. The first kappa shape index (κ1) is 20.5. The molecule has 0 bridgehead atoms. The number of ether oxygens (including phenoxy) is 2. The number of nitrogens with zero attached hydrogens (tertiary/aromatic N) is 3. The highest BCUT2D eigenvalue weighted by atomic mass is 16.5. The van der Waals surface area contributed by atoms with Crippen molar-refractivity contribution in [2.75, 3.05) is 20.8 Å². The molecule has 1 fully saturated rings. The van der Waals surface area contributed by atoms with E-state index in [-0.39, 0.29) is 18.6 Å². The van der Waals surface area contributed by atoms with Gasteiger partial charge in [0.1, 0.15) is 23.7 Å². The van der Waals surface area contributed by atoms with E-state index in [1.165, 1.54) is 7.11 Å². The van der Waals surface area contributed by atoms with Gasteiger partial charge in [-0.25, -0.2) is 0 Å². The lowest BCUT2D eigenvalue weighted by Crippen LogP contribution is -2.23. The minimum Gasteiger partial charge on any atom is -0.497 e. The molecule has 1 unspecified atom stereocenters. The van der Waals surface area contributed by atoms with Gasteiger partial charge in [0.25, 0.3) is 0 Å². The Morgan fingerprint density at radius 1 is 1.30 bits per heavy atom. The van der Waals surface area contributed by atoms with E-state index in [1.54, 1.807) is 7.11 Å². The molecule has 0 saturated carbocycles. The van der Waals surface area contributed by atoms with E-state index in [0.717, 1.165) is 59.6 Å². The van der Waals surface area contributed by atoms with Crippen LogP contribution in [-0.2, 0) is 22.6 Å². The smallest absolute Gasteiger partial charge is 0.325 e. The summed E-state index contributed by atoms with van der Waals surface area (Å²) in [5, 5.41) is 5.44. The maximum atomic E-state index is 11.9. The van der Waals surface area contributed by atoms with E-state index in [9.17, 15) is 4.79 Å². The molecule has 0 spiro atoms. The van der Waals surface area contributed by atoms with Crippen molar-refractivity contribution in [3.05, 3.63) is 47.5 Å². The SMILES string of the molecule is COC(=O)Cn1cc(CN2CCCC2c2cc(C(C)C)on2)c2cc(OC)ccc21. The zero-order valence-corrected chi connectivity index (χ0v) is 18.1. The van der Waals surface area contributed by atoms with Crippen LogP contribution in [0.2, 0.25) is 0 Å². The van der Waals surface area contributed by atoms with Gasteiger partial charge in [0, 0.05) is 35.6 Å². The topological polar surface area (TPSA) is 69.7 Å². The molecule has 7 nitrogen and oxygen atoms in total. The van der Waals surface area contributed by atoms with Crippen LogP contribution in [0.4, 0.5) is 0 Å². The fraction of sp³-hybridized carbons (Fsp3) is 0.478. The number of benzene rings is 1. The molecule has 1 aliphatic rings. The summed E-state index contributed by atoms with van der Waals surface area (Å²) in [5.41, 5.74) is 3.16. The average Bonchev–Trinajstić information content (AvgIpc) is 3.47. The molecule has 160 valence electrons. The first-order valence-corrected chi connectivity index (χ1v) is 10.4. The molecule has 30 heavy (non-hydrogen) atoms. The Balaban J connectivity index is 1.65. The molecule has 1 aromatic carbocycles. The van der Waals surface area contributed by atoms with Crippen molar-refractivity contribution in [3.63, 3.8) is 0 Å². The molecular weight excluding hydrogens is 382 g/mol. The molecular formula is C23H29N3O4. The fourth-order valence-corrected chi connectivity index (χ4v) is 4.24. The molecule has 3 aromatic rings. The van der Waals surface area contributed by atoms with Crippen molar-refractivity contribution < 1.29 is 18.8 Å². The summed E-state index contributed by atoms with van der Waals surface area (Å²) in [6.45, 7) is 6.18. The Labute approximate surface area is 176 Å². The summed E-state index contributed by atoms with van der Waals surface area (Å²) in [5.74, 6) is 1.79. The van der Waals surface area contributed by atoms with Gasteiger partial charge in [-0.1, -0.05) is 19.0 Å². The number of carbonyl (C=O) groups is 1. The fourth-order valence-electron chi connectivity index (χ4n) is 4.24. The van der Waals surface area contributed by atoms with Gasteiger partial charge in [-0.15, -0.1) is 0 Å². The van der Waals surface area contributed by atoms with Crippen molar-refractivity contribution in [1.82, 2.24) is 14.6 Å². The standard InChI is InChI=1S/C23H29N3O4/c1-15(2)22-11-19(24-30-22)21-6-5-9-25(21)12-16-13-26(14-23(27)29-4)20-8-7-17(28-3)10-18(16)20/h7-8,10-11,13,15,21H,5-6,9,12,14H2,1-4H3. The van der Waals surface area contributed by atoms with Crippen molar-refractivity contribution in [3.8, 4) is 5.75 Å². The summed E-state index contributed by atoms with van der Waals surface area (Å²) >= 11 is 0. The first-order chi connectivity index (χ1) is 14.5. The zero-order valence-electron chi connectivity index (χ0n) is 18.1. The van der Waals surface area contributed by atoms with Crippen LogP contribution in [0.5, 0.6) is 5.75 Å². The van der Waals surface area contributed by atoms with Crippen LogP contribution in [-0.4, -0.2) is 41.4 Å². The predicted molar refractivity (Wildman–Crippen MR) is 113 cm³/mol. The van der Waals surface area contributed by atoms with Crippen molar-refractivity contribution in [1.29, 1.82) is 0 Å². The number of aromatic nitrogens is 2. The zero-order chi connectivity index (χ0) is 21.3. The summed E-state index contributed by atoms with van der Waals surface area (Å²) in [4.78, 5) is 14.3. The van der Waals surface area contributed by atoms with Crippen molar-refractivity contribution in [2.45, 2.75) is 51.7 Å². The van der Waals surface area contributed by atoms with Crippen LogP contribution in [0.1, 0.15) is 55.7 Å². The van der Waals surface area contributed by atoms with E-state index in [4.69, 9.17) is 14.0 Å². The molecule has 4 rings (SSSR count). The quantitative estimate of drug-likeness (QED) is 0.541. The van der Waals surface area contributed by atoms with Crippen LogP contribution >= 0.6 is 0 Å². The predicted octanol–water partition coefficient (Wildman–Crippen LogP) is 4.27. The van der Waals surface area contributed by atoms with Gasteiger partial charge >= 0.3 is 5.97 Å². The van der Waals surface area contributed by atoms with Gasteiger partial charge in [0.15, 0.2) is 0 Å². The summed E-state index contributed by atoms with van der Waals surface area (Å²) in [6, 6.07) is 8.29. The van der Waals surface area contributed by atoms with E-state index in [0.29, 0.717) is 5.92 Å². The summed E-state index contributed by atoms with van der Waals surface area (Å²) in [6.07, 6.45) is 4.24. The molecule has 0 radical (unpaired) electrons. The molecule has 3 heterocycles. The number of hydrogen-bond donors (Lipinski definition) is 0. The molecule has 1 aliphatic heterocycles. The van der Waals surface area contributed by atoms with Crippen molar-refractivity contribution >= 4 is 16.9 Å². The lowest BCUT2D eigenvalue weighted by atomic mass is 10.1. The lowest BCUT2D eigenvalue weighted by Gasteiger charge is -2.22. The second kappa shape index (κ2) is 8.52. The van der Waals surface area contributed by atoms with Gasteiger partial charge in [-0.05, 0) is 43.1 Å². The van der Waals surface area contributed by atoms with E-state index < -0.39 is 0 Å². The number of hydrogen-bond acceptors (Lipinski definition) is 6. The number of rotatable bonds is 7. The Morgan fingerprint density at radius 3 is 2.83 bits per heavy atom. The average molecular weight is 412 g/mol. The van der Waals surface area contributed by atoms with Crippen LogP contribution in [0.3, 0.4) is 0 Å². The highest BCUT2D eigenvalue weighted by molar-refractivity contribution is 5.86. The number of likely N-dealkylation sites (tertiary alicyclic amines) is 1. The molecule has 7 heteroatoms. The van der Waals surface area contributed by atoms with Gasteiger partial charge in [0.2, 0.25) is 0 Å². The van der Waals surface area contributed by atoms with Crippen LogP contribution in [0.15, 0.2) is 35.0 Å². The normalized spacial score (nSPS) is 17.2. The highest BCUT2D eigenvalue weighted by Crippen LogP contribution is 2.35. The summed E-state index contributed by atoms with van der Waals surface area (Å²) in [7, 11) is 3.08. The number of methoxy groups -OCH3 is 2. The van der Waals surface area contributed by atoms with Gasteiger partial charge < -0.3 is 18.6 Å². The van der Waals surface area contributed by atoms with Crippen LogP contribution in [0.25, 0.3) is 10.9 Å². The number of carbonyl (C=O) groups excluding carboxylic acids is 1. The third-order valence-electron chi connectivity index (χ3n) is 5.89. The van der Waals surface area contributed by atoms with Crippen LogP contribution in [0, 0.1) is 0 Å². The van der Waals surface area contributed by atoms with Gasteiger partial charge in [-0.3, -0.25) is 9.69 Å².